The number of hydrogen-bond donors (Lipinski definition) is 0. The van der Waals surface area contributed by atoms with E-state index >= 15 is 0 Å². The molecule has 1 aliphatic rings. The molecule has 1 aliphatic carbocycles. The summed E-state index contributed by atoms with van der Waals surface area (Å²) in [6.45, 7) is 2.61. The minimum Gasteiger partial charge on any atom is -0.237 e. The first-order chi connectivity index (χ1) is 5.96. The van der Waals surface area contributed by atoms with Gasteiger partial charge in [-0.2, -0.15) is 17.6 Å². The summed E-state index contributed by atoms with van der Waals surface area (Å²) in [5.41, 5.74) is -4.98. The van der Waals surface area contributed by atoms with E-state index in [-0.39, 0.29) is 6.42 Å². The third-order valence-corrected chi connectivity index (χ3v) is 3.12. The second-order valence-electron chi connectivity index (χ2n) is 4.73. The monoisotopic (exact) mass is 216 g/mol. The molecule has 1 fully saturated rings. The molecule has 0 radical (unpaired) electrons. The molecule has 84 valence electrons. The molecule has 0 N–H and O–H groups in total. The van der Waals surface area contributed by atoms with Gasteiger partial charge in [0.2, 0.25) is 0 Å². The van der Waals surface area contributed by atoms with Gasteiger partial charge >= 0.3 is 11.8 Å². The average Bonchev–Trinajstić information content (AvgIpc) is 1.98. The second-order valence-corrected chi connectivity index (χ2v) is 4.73. The summed E-state index contributed by atoms with van der Waals surface area (Å²) in [5.74, 6) is -8.90. The van der Waals surface area contributed by atoms with Crippen molar-refractivity contribution in [3.63, 3.8) is 0 Å². The van der Waals surface area contributed by atoms with Crippen LogP contribution in [0.5, 0.6) is 0 Å². The van der Waals surface area contributed by atoms with E-state index in [2.05, 4.69) is 0 Å². The molecular formula is C9H13F5. The minimum atomic E-state index is -4.60. The van der Waals surface area contributed by atoms with Gasteiger partial charge in [0.15, 0.2) is 5.67 Å². The molecule has 1 atom stereocenters. The topological polar surface area (TPSA) is 0 Å². The Morgan fingerprint density at radius 3 is 1.50 bits per heavy atom. The Morgan fingerprint density at radius 2 is 1.14 bits per heavy atom. The van der Waals surface area contributed by atoms with Crippen LogP contribution in [0.2, 0.25) is 0 Å². The largest absolute Gasteiger partial charge is 0.343 e. The Balaban J connectivity index is 3.20. The van der Waals surface area contributed by atoms with E-state index in [0.29, 0.717) is 6.92 Å². The lowest BCUT2D eigenvalue weighted by atomic mass is 9.67. The molecule has 0 nitrogen and oxygen atoms in total. The predicted molar refractivity (Wildman–Crippen MR) is 42.4 cm³/mol. The average molecular weight is 216 g/mol. The standard InChI is InChI=1S/C9H13F5/c1-6(2)4-5-7(3,10)9(13,14)8(6,11)12/h4-5H2,1-3H3. The Kier molecular flexibility index (Phi) is 2.19. The van der Waals surface area contributed by atoms with Crippen LogP contribution in [0.15, 0.2) is 0 Å². The molecule has 1 rings (SSSR count). The molecule has 1 saturated carbocycles. The van der Waals surface area contributed by atoms with Crippen LogP contribution in [0.3, 0.4) is 0 Å². The molecular weight excluding hydrogens is 203 g/mol. The second kappa shape index (κ2) is 2.61. The lowest BCUT2D eigenvalue weighted by Crippen LogP contribution is -2.64. The molecule has 1 unspecified atom stereocenters. The molecule has 0 saturated heterocycles. The molecule has 14 heavy (non-hydrogen) atoms. The van der Waals surface area contributed by atoms with E-state index < -0.39 is 29.3 Å². The van der Waals surface area contributed by atoms with Gasteiger partial charge in [-0.25, -0.2) is 4.39 Å². The molecule has 0 heterocycles. The zero-order valence-electron chi connectivity index (χ0n) is 8.30. The normalized spacial score (nSPS) is 39.4. The van der Waals surface area contributed by atoms with E-state index in [1.165, 1.54) is 0 Å². The highest BCUT2D eigenvalue weighted by atomic mass is 19.3. The summed E-state index contributed by atoms with van der Waals surface area (Å²) in [4.78, 5) is 0. The van der Waals surface area contributed by atoms with Crippen LogP contribution in [0.25, 0.3) is 0 Å². The summed E-state index contributed by atoms with van der Waals surface area (Å²) in [6.07, 6.45) is -0.787. The Morgan fingerprint density at radius 1 is 0.714 bits per heavy atom. The molecule has 0 aromatic heterocycles. The number of halogens is 5. The van der Waals surface area contributed by atoms with Gasteiger partial charge in [-0.1, -0.05) is 13.8 Å². The summed E-state index contributed by atoms with van der Waals surface area (Å²) < 4.78 is 66.1. The van der Waals surface area contributed by atoms with Gasteiger partial charge in [0, 0.05) is 5.41 Å². The first-order valence-corrected chi connectivity index (χ1v) is 4.40. The third kappa shape index (κ3) is 1.17. The van der Waals surface area contributed by atoms with Crippen LogP contribution >= 0.6 is 0 Å². The van der Waals surface area contributed by atoms with Crippen LogP contribution < -0.4 is 0 Å². The van der Waals surface area contributed by atoms with Crippen molar-refractivity contribution >= 4 is 0 Å². The SMILES string of the molecule is CC1(C)CCC(C)(F)C(F)(F)C1(F)F. The van der Waals surface area contributed by atoms with Crippen LogP contribution in [0, 0.1) is 5.41 Å². The highest BCUT2D eigenvalue weighted by Gasteiger charge is 2.75. The maximum atomic E-state index is 13.3. The molecule has 5 heteroatoms. The van der Waals surface area contributed by atoms with Crippen molar-refractivity contribution in [1.82, 2.24) is 0 Å². The van der Waals surface area contributed by atoms with E-state index in [1.807, 2.05) is 0 Å². The fraction of sp³-hybridized carbons (Fsp3) is 1.00. The lowest BCUT2D eigenvalue weighted by molar-refractivity contribution is -0.329. The maximum Gasteiger partial charge on any atom is 0.343 e. The Bertz CT molecular complexity index is 216. The summed E-state index contributed by atoms with van der Waals surface area (Å²) >= 11 is 0. The van der Waals surface area contributed by atoms with E-state index in [9.17, 15) is 22.0 Å². The minimum absolute atomic E-state index is 0.247. The number of alkyl halides is 5. The predicted octanol–water partition coefficient (Wildman–Crippen LogP) is 3.81. The number of hydrogen-bond acceptors (Lipinski definition) is 0. The van der Waals surface area contributed by atoms with Crippen LogP contribution in [0.4, 0.5) is 22.0 Å². The lowest BCUT2D eigenvalue weighted by Gasteiger charge is -2.48. The highest BCUT2D eigenvalue weighted by Crippen LogP contribution is 2.60. The quantitative estimate of drug-likeness (QED) is 0.540. The van der Waals surface area contributed by atoms with Gasteiger partial charge in [-0.3, -0.25) is 0 Å². The molecule has 0 aromatic carbocycles. The van der Waals surface area contributed by atoms with Crippen molar-refractivity contribution in [3.8, 4) is 0 Å². The van der Waals surface area contributed by atoms with Gasteiger partial charge in [-0.15, -0.1) is 0 Å². The van der Waals surface area contributed by atoms with E-state index in [4.69, 9.17) is 0 Å². The van der Waals surface area contributed by atoms with Gasteiger partial charge in [0.1, 0.15) is 0 Å². The third-order valence-electron chi connectivity index (χ3n) is 3.12. The molecule has 0 aromatic rings. The molecule has 0 amide bonds. The molecule has 0 bridgehead atoms. The highest BCUT2D eigenvalue weighted by molar-refractivity contribution is 5.10. The summed E-state index contributed by atoms with van der Waals surface area (Å²) in [6, 6.07) is 0. The number of rotatable bonds is 0. The fourth-order valence-corrected chi connectivity index (χ4v) is 1.61. The van der Waals surface area contributed by atoms with Crippen molar-refractivity contribution in [2.24, 2.45) is 5.41 Å². The first-order valence-electron chi connectivity index (χ1n) is 4.40. The zero-order valence-corrected chi connectivity index (χ0v) is 8.30. The van der Waals surface area contributed by atoms with E-state index in [1.54, 1.807) is 0 Å². The zero-order chi connectivity index (χ0) is 11.4. The van der Waals surface area contributed by atoms with Crippen molar-refractivity contribution < 1.29 is 22.0 Å². The first kappa shape index (κ1) is 11.7. The van der Waals surface area contributed by atoms with Crippen molar-refractivity contribution in [2.75, 3.05) is 0 Å². The fourth-order valence-electron chi connectivity index (χ4n) is 1.61. The van der Waals surface area contributed by atoms with Crippen LogP contribution in [0.1, 0.15) is 33.6 Å². The van der Waals surface area contributed by atoms with Gasteiger partial charge in [-0.05, 0) is 19.8 Å². The molecule has 0 spiro atoms. The summed E-state index contributed by atoms with van der Waals surface area (Å²) in [7, 11) is 0. The van der Waals surface area contributed by atoms with Gasteiger partial charge < -0.3 is 0 Å². The Labute approximate surface area is 79.5 Å². The summed E-state index contributed by atoms with van der Waals surface area (Å²) in [5, 5.41) is 0. The Hall–Kier alpha value is -0.350. The van der Waals surface area contributed by atoms with Crippen LogP contribution in [-0.2, 0) is 0 Å². The van der Waals surface area contributed by atoms with E-state index in [0.717, 1.165) is 13.8 Å². The maximum absolute atomic E-state index is 13.3. The smallest absolute Gasteiger partial charge is 0.237 e. The van der Waals surface area contributed by atoms with Crippen molar-refractivity contribution in [2.45, 2.75) is 51.1 Å². The van der Waals surface area contributed by atoms with Crippen molar-refractivity contribution in [3.05, 3.63) is 0 Å². The van der Waals surface area contributed by atoms with Gasteiger partial charge in [0.05, 0.1) is 0 Å². The van der Waals surface area contributed by atoms with Crippen molar-refractivity contribution in [1.29, 1.82) is 0 Å². The van der Waals surface area contributed by atoms with Gasteiger partial charge in [0.25, 0.3) is 0 Å². The molecule has 0 aliphatic heterocycles. The van der Waals surface area contributed by atoms with Crippen LogP contribution in [-0.4, -0.2) is 17.5 Å².